The van der Waals surface area contributed by atoms with Gasteiger partial charge in [-0.15, -0.1) is 0 Å². The van der Waals surface area contributed by atoms with E-state index in [0.717, 1.165) is 22.6 Å². The van der Waals surface area contributed by atoms with Crippen LogP contribution < -0.4 is 10.6 Å². The molecule has 0 spiro atoms. The van der Waals surface area contributed by atoms with Gasteiger partial charge in [0.2, 0.25) is 5.91 Å². The number of furan rings is 1. The first-order valence-electron chi connectivity index (χ1n) is 6.82. The van der Waals surface area contributed by atoms with E-state index in [0.29, 0.717) is 4.67 Å². The topological polar surface area (TPSA) is 54.3 Å². The molecule has 0 saturated carbocycles. The first-order chi connectivity index (χ1) is 9.93. The zero-order chi connectivity index (χ0) is 15.2. The molecule has 4 nitrogen and oxygen atoms in total. The van der Waals surface area contributed by atoms with Crippen LogP contribution in [0.3, 0.4) is 0 Å². The Balaban J connectivity index is 2.04. The number of anilines is 1. The summed E-state index contributed by atoms with van der Waals surface area (Å²) in [6.07, 6.45) is 0. The van der Waals surface area contributed by atoms with Gasteiger partial charge in [-0.2, -0.15) is 0 Å². The van der Waals surface area contributed by atoms with E-state index in [1.165, 1.54) is 0 Å². The van der Waals surface area contributed by atoms with E-state index in [1.807, 2.05) is 45.2 Å². The number of amides is 1. The Bertz CT molecular complexity index is 706. The second-order valence-electron chi connectivity index (χ2n) is 5.75. The minimum atomic E-state index is -0.507. The summed E-state index contributed by atoms with van der Waals surface area (Å²) in [4.78, 5) is 12.0. The van der Waals surface area contributed by atoms with Gasteiger partial charge in [0.05, 0.1) is 11.5 Å². The van der Waals surface area contributed by atoms with Crippen LogP contribution in [-0.2, 0) is 10.2 Å². The van der Waals surface area contributed by atoms with Crippen molar-refractivity contribution in [1.29, 1.82) is 0 Å². The fraction of sp³-hybridized carbons (Fsp3) is 0.312. The molecule has 1 atom stereocenters. The molecule has 1 aromatic carbocycles. The maximum absolute atomic E-state index is 12.0. The second-order valence-corrected chi connectivity index (χ2v) is 6.53. The van der Waals surface area contributed by atoms with E-state index in [9.17, 15) is 4.79 Å². The summed E-state index contributed by atoms with van der Waals surface area (Å²) in [5, 5.41) is 6.18. The van der Waals surface area contributed by atoms with Gasteiger partial charge < -0.3 is 15.1 Å². The quantitative estimate of drug-likeness (QED) is 0.891. The van der Waals surface area contributed by atoms with Gasteiger partial charge >= 0.3 is 0 Å². The third-order valence-electron chi connectivity index (χ3n) is 4.03. The molecule has 1 aromatic heterocycles. The van der Waals surface area contributed by atoms with Crippen molar-refractivity contribution in [3.05, 3.63) is 51.9 Å². The first-order valence-corrected chi connectivity index (χ1v) is 7.61. The molecule has 2 N–H and O–H groups in total. The van der Waals surface area contributed by atoms with Crippen molar-refractivity contribution in [2.45, 2.75) is 25.3 Å². The average Bonchev–Trinajstić information content (AvgIpc) is 2.95. The van der Waals surface area contributed by atoms with Crippen LogP contribution in [0.1, 0.15) is 36.8 Å². The maximum atomic E-state index is 12.0. The monoisotopic (exact) mass is 348 g/mol. The van der Waals surface area contributed by atoms with Crippen molar-refractivity contribution in [2.75, 3.05) is 12.4 Å². The van der Waals surface area contributed by atoms with E-state index in [1.54, 1.807) is 0 Å². The van der Waals surface area contributed by atoms with Gasteiger partial charge in [-0.3, -0.25) is 4.79 Å². The lowest BCUT2D eigenvalue weighted by Gasteiger charge is -2.19. The maximum Gasteiger partial charge on any atom is 0.234 e. The Morgan fingerprint density at radius 3 is 2.67 bits per heavy atom. The summed E-state index contributed by atoms with van der Waals surface area (Å²) >= 11 is 3.33. The second kappa shape index (κ2) is 5.00. The van der Waals surface area contributed by atoms with Crippen LogP contribution in [0.2, 0.25) is 0 Å². The molecule has 21 heavy (non-hydrogen) atoms. The van der Waals surface area contributed by atoms with E-state index in [-0.39, 0.29) is 11.9 Å². The number of halogens is 1. The van der Waals surface area contributed by atoms with Crippen LogP contribution >= 0.6 is 15.9 Å². The predicted molar refractivity (Wildman–Crippen MR) is 85.4 cm³/mol. The predicted octanol–water partition coefficient (Wildman–Crippen LogP) is 3.58. The summed E-state index contributed by atoms with van der Waals surface area (Å²) in [5.74, 6) is 0.871. The Labute approximate surface area is 132 Å². The van der Waals surface area contributed by atoms with Gasteiger partial charge in [0.25, 0.3) is 0 Å². The third-order valence-corrected chi connectivity index (χ3v) is 4.46. The van der Waals surface area contributed by atoms with Gasteiger partial charge in [0, 0.05) is 5.69 Å². The number of benzene rings is 1. The molecule has 110 valence electrons. The van der Waals surface area contributed by atoms with E-state index < -0.39 is 5.41 Å². The fourth-order valence-electron chi connectivity index (χ4n) is 2.73. The van der Waals surface area contributed by atoms with Crippen LogP contribution in [0.15, 0.2) is 39.4 Å². The molecular formula is C16H17BrN2O2. The summed E-state index contributed by atoms with van der Waals surface area (Å²) in [6.45, 7) is 3.88. The van der Waals surface area contributed by atoms with Gasteiger partial charge in [-0.25, -0.2) is 0 Å². The van der Waals surface area contributed by atoms with Gasteiger partial charge in [0.15, 0.2) is 4.67 Å². The highest BCUT2D eigenvalue weighted by Gasteiger charge is 2.38. The number of rotatable bonds is 3. The van der Waals surface area contributed by atoms with E-state index in [2.05, 4.69) is 32.6 Å². The lowest BCUT2D eigenvalue weighted by Crippen LogP contribution is -2.27. The molecule has 0 radical (unpaired) electrons. The molecule has 3 rings (SSSR count). The van der Waals surface area contributed by atoms with Crippen molar-refractivity contribution in [3.8, 4) is 0 Å². The third kappa shape index (κ3) is 2.30. The highest BCUT2D eigenvalue weighted by atomic mass is 79.9. The van der Waals surface area contributed by atoms with Crippen LogP contribution in [-0.4, -0.2) is 13.0 Å². The van der Waals surface area contributed by atoms with Crippen molar-refractivity contribution in [1.82, 2.24) is 5.32 Å². The van der Waals surface area contributed by atoms with Gasteiger partial charge in [-0.1, -0.05) is 12.1 Å². The molecule has 1 aliphatic rings. The van der Waals surface area contributed by atoms with Crippen LogP contribution in [0, 0.1) is 0 Å². The smallest absolute Gasteiger partial charge is 0.234 e. The zero-order valence-corrected chi connectivity index (χ0v) is 13.7. The van der Waals surface area contributed by atoms with Crippen molar-refractivity contribution >= 4 is 27.5 Å². The molecule has 2 aromatic rings. The Hall–Kier alpha value is -1.59. The Kier molecular flexibility index (Phi) is 3.42. The number of carbonyl (C=O) groups excluding carboxylic acids is 1. The summed E-state index contributed by atoms with van der Waals surface area (Å²) in [7, 11) is 1.89. The Morgan fingerprint density at radius 1 is 1.29 bits per heavy atom. The molecule has 1 unspecified atom stereocenters. The zero-order valence-electron chi connectivity index (χ0n) is 12.2. The average molecular weight is 349 g/mol. The molecule has 0 saturated heterocycles. The number of nitrogens with one attached hydrogen (secondary N) is 2. The summed E-state index contributed by atoms with van der Waals surface area (Å²) in [6, 6.07) is 9.81. The lowest BCUT2D eigenvalue weighted by atomic mass is 9.84. The molecule has 0 bridgehead atoms. The molecule has 2 heterocycles. The number of hydrogen-bond acceptors (Lipinski definition) is 3. The van der Waals surface area contributed by atoms with Crippen molar-refractivity contribution < 1.29 is 9.21 Å². The largest absolute Gasteiger partial charge is 0.452 e. The molecule has 0 fully saturated rings. The van der Waals surface area contributed by atoms with Crippen LogP contribution in [0.25, 0.3) is 0 Å². The van der Waals surface area contributed by atoms with Crippen molar-refractivity contribution in [3.63, 3.8) is 0 Å². The lowest BCUT2D eigenvalue weighted by molar-refractivity contribution is -0.119. The number of hydrogen-bond donors (Lipinski definition) is 2. The molecule has 1 aliphatic heterocycles. The summed E-state index contributed by atoms with van der Waals surface area (Å²) < 4.78 is 6.36. The number of fused-ring (bicyclic) bond motifs is 1. The van der Waals surface area contributed by atoms with Crippen LogP contribution in [0.4, 0.5) is 5.69 Å². The molecule has 5 heteroatoms. The standard InChI is InChI=1S/C16H17BrN2O2/c1-16(2)10-8-9(4-5-11(10)19-15(16)20)14(18-3)12-6-7-13(17)21-12/h4-8,14,18H,1-3H3,(H,19,20). The summed E-state index contributed by atoms with van der Waals surface area (Å²) in [5.41, 5.74) is 2.48. The van der Waals surface area contributed by atoms with Gasteiger partial charge in [0.1, 0.15) is 5.76 Å². The van der Waals surface area contributed by atoms with Crippen molar-refractivity contribution in [2.24, 2.45) is 0 Å². The normalized spacial score (nSPS) is 17.4. The highest BCUT2D eigenvalue weighted by Crippen LogP contribution is 2.39. The Morgan fingerprint density at radius 2 is 2.05 bits per heavy atom. The van der Waals surface area contributed by atoms with E-state index in [4.69, 9.17) is 4.42 Å². The minimum absolute atomic E-state index is 0.0383. The fourth-order valence-corrected chi connectivity index (χ4v) is 3.04. The highest BCUT2D eigenvalue weighted by molar-refractivity contribution is 9.10. The van der Waals surface area contributed by atoms with E-state index >= 15 is 0 Å². The van der Waals surface area contributed by atoms with Crippen LogP contribution in [0.5, 0.6) is 0 Å². The van der Waals surface area contributed by atoms with Gasteiger partial charge in [-0.05, 0) is 66.2 Å². The first kappa shape index (κ1) is 14.4. The molecule has 0 aliphatic carbocycles. The number of carbonyl (C=O) groups is 1. The molecule has 1 amide bonds. The minimum Gasteiger partial charge on any atom is -0.452 e. The SMILES string of the molecule is CNC(c1ccc2c(c1)C(C)(C)C(=O)N2)c1ccc(Br)o1. The molecular weight excluding hydrogens is 332 g/mol.